The van der Waals surface area contributed by atoms with Gasteiger partial charge in [0.2, 0.25) is 0 Å². The number of aromatic nitrogens is 1. The Bertz CT molecular complexity index is 750. The summed E-state index contributed by atoms with van der Waals surface area (Å²) >= 11 is 5.88. The third kappa shape index (κ3) is 5.35. The van der Waals surface area contributed by atoms with E-state index in [2.05, 4.69) is 22.5 Å². The highest BCUT2D eigenvalue weighted by Crippen LogP contribution is 2.33. The molecule has 1 aromatic heterocycles. The smallest absolute Gasteiger partial charge is 0.385 e. The topological polar surface area (TPSA) is 54.0 Å². The number of unbranched alkanes of at least 4 members (excludes halogenated alkanes) is 1. The van der Waals surface area contributed by atoms with Crippen LogP contribution in [0.3, 0.4) is 0 Å². The number of hydrogen-bond acceptors (Lipinski definition) is 3. The number of pyridine rings is 1. The Morgan fingerprint density at radius 3 is 2.68 bits per heavy atom. The van der Waals surface area contributed by atoms with E-state index in [9.17, 15) is 18.0 Å². The van der Waals surface area contributed by atoms with Crippen LogP contribution >= 0.6 is 11.6 Å². The molecule has 0 bridgehead atoms. The molecular formula is C17H17ClF3N3O. The van der Waals surface area contributed by atoms with Gasteiger partial charge in [0.05, 0.1) is 16.3 Å². The van der Waals surface area contributed by atoms with Crippen LogP contribution in [-0.2, 0) is 6.18 Å². The molecule has 0 saturated carbocycles. The number of carbonyl (C=O) groups excluding carboxylic acids is 1. The summed E-state index contributed by atoms with van der Waals surface area (Å²) in [6, 6.07) is 5.99. The van der Waals surface area contributed by atoms with Crippen molar-refractivity contribution in [1.29, 1.82) is 0 Å². The van der Waals surface area contributed by atoms with Gasteiger partial charge in [-0.25, -0.2) is 0 Å². The van der Waals surface area contributed by atoms with Crippen molar-refractivity contribution in [1.82, 2.24) is 4.98 Å². The van der Waals surface area contributed by atoms with Crippen molar-refractivity contribution in [2.75, 3.05) is 17.2 Å². The predicted octanol–water partition coefficient (Wildman–Crippen LogP) is 5.22. The fourth-order valence-corrected chi connectivity index (χ4v) is 2.22. The van der Waals surface area contributed by atoms with Crippen molar-refractivity contribution in [3.8, 4) is 0 Å². The molecule has 0 atom stereocenters. The van der Waals surface area contributed by atoms with Gasteiger partial charge < -0.3 is 10.6 Å². The standard InChI is InChI=1S/C17H17ClF3N3O/c1-2-3-7-22-12-6-8-23-15(10-12)16(25)24-14-9-11(17(19,20)21)4-5-13(14)18/h4-6,8-10H,2-3,7H2,1H3,(H,22,23)(H,24,25). The first-order valence-electron chi connectivity index (χ1n) is 7.69. The van der Waals surface area contributed by atoms with Gasteiger partial charge in [-0.15, -0.1) is 0 Å². The average molecular weight is 372 g/mol. The second kappa shape index (κ2) is 8.20. The van der Waals surface area contributed by atoms with Crippen LogP contribution in [0.1, 0.15) is 35.8 Å². The first-order valence-corrected chi connectivity index (χ1v) is 8.07. The Kier molecular flexibility index (Phi) is 6.25. The van der Waals surface area contributed by atoms with Crippen LogP contribution in [0.4, 0.5) is 24.5 Å². The van der Waals surface area contributed by atoms with E-state index in [-0.39, 0.29) is 16.4 Å². The Morgan fingerprint density at radius 1 is 1.24 bits per heavy atom. The van der Waals surface area contributed by atoms with Gasteiger partial charge in [-0.05, 0) is 36.8 Å². The fraction of sp³-hybridized carbons (Fsp3) is 0.294. The van der Waals surface area contributed by atoms with Crippen molar-refractivity contribution >= 4 is 28.9 Å². The molecule has 0 saturated heterocycles. The number of carbonyl (C=O) groups is 1. The molecular weight excluding hydrogens is 355 g/mol. The largest absolute Gasteiger partial charge is 0.416 e. The van der Waals surface area contributed by atoms with Gasteiger partial charge >= 0.3 is 6.18 Å². The van der Waals surface area contributed by atoms with Gasteiger partial charge in [-0.3, -0.25) is 9.78 Å². The number of anilines is 2. The molecule has 8 heteroatoms. The van der Waals surface area contributed by atoms with Gasteiger partial charge in [0.25, 0.3) is 5.91 Å². The van der Waals surface area contributed by atoms with E-state index in [1.54, 1.807) is 6.07 Å². The van der Waals surface area contributed by atoms with E-state index >= 15 is 0 Å². The molecule has 0 aliphatic carbocycles. The van der Waals surface area contributed by atoms with E-state index in [0.29, 0.717) is 5.69 Å². The number of amides is 1. The normalized spacial score (nSPS) is 11.2. The number of rotatable bonds is 6. The highest BCUT2D eigenvalue weighted by Gasteiger charge is 2.31. The second-order valence-corrected chi connectivity index (χ2v) is 5.76. The average Bonchev–Trinajstić information content (AvgIpc) is 2.56. The summed E-state index contributed by atoms with van der Waals surface area (Å²) in [5.74, 6) is -0.639. The predicted molar refractivity (Wildman–Crippen MR) is 92.0 cm³/mol. The van der Waals surface area contributed by atoms with Crippen molar-refractivity contribution in [3.05, 3.63) is 52.8 Å². The zero-order chi connectivity index (χ0) is 18.4. The Balaban J connectivity index is 2.16. The van der Waals surface area contributed by atoms with Crippen molar-refractivity contribution in [3.63, 3.8) is 0 Å². The molecule has 4 nitrogen and oxygen atoms in total. The quantitative estimate of drug-likeness (QED) is 0.684. The third-order valence-corrected chi connectivity index (χ3v) is 3.72. The van der Waals surface area contributed by atoms with Gasteiger partial charge in [0.1, 0.15) is 5.69 Å². The summed E-state index contributed by atoms with van der Waals surface area (Å²) in [5.41, 5.74) is -0.221. The highest BCUT2D eigenvalue weighted by atomic mass is 35.5. The van der Waals surface area contributed by atoms with Crippen molar-refractivity contribution in [2.45, 2.75) is 25.9 Å². The van der Waals surface area contributed by atoms with Gasteiger partial charge in [0, 0.05) is 18.4 Å². The Hall–Kier alpha value is -2.28. The van der Waals surface area contributed by atoms with Crippen LogP contribution in [0.2, 0.25) is 5.02 Å². The van der Waals surface area contributed by atoms with Crippen LogP contribution in [0.15, 0.2) is 36.5 Å². The fourth-order valence-electron chi connectivity index (χ4n) is 2.06. The minimum absolute atomic E-state index is 0.0126. The number of alkyl halides is 3. The molecule has 1 aromatic carbocycles. The maximum absolute atomic E-state index is 12.8. The van der Waals surface area contributed by atoms with Crippen LogP contribution in [0.5, 0.6) is 0 Å². The summed E-state index contributed by atoms with van der Waals surface area (Å²) in [6.07, 6.45) is -1.06. The lowest BCUT2D eigenvalue weighted by atomic mass is 10.2. The number of halogens is 4. The molecule has 2 rings (SSSR count). The van der Waals surface area contributed by atoms with Gasteiger partial charge in [0.15, 0.2) is 0 Å². The number of benzene rings is 1. The van der Waals surface area contributed by atoms with E-state index in [1.165, 1.54) is 12.3 Å². The third-order valence-electron chi connectivity index (χ3n) is 3.39. The molecule has 1 heterocycles. The van der Waals surface area contributed by atoms with E-state index < -0.39 is 17.6 Å². The minimum Gasteiger partial charge on any atom is -0.385 e. The van der Waals surface area contributed by atoms with E-state index in [1.807, 2.05) is 0 Å². The van der Waals surface area contributed by atoms with Crippen molar-refractivity contribution in [2.24, 2.45) is 0 Å². The maximum Gasteiger partial charge on any atom is 0.416 e. The molecule has 0 unspecified atom stereocenters. The van der Waals surface area contributed by atoms with Crippen LogP contribution in [-0.4, -0.2) is 17.4 Å². The van der Waals surface area contributed by atoms with Crippen LogP contribution in [0, 0.1) is 0 Å². The molecule has 134 valence electrons. The second-order valence-electron chi connectivity index (χ2n) is 5.36. The summed E-state index contributed by atoms with van der Waals surface area (Å²) in [5, 5.41) is 5.54. The lowest BCUT2D eigenvalue weighted by molar-refractivity contribution is -0.137. The first-order chi connectivity index (χ1) is 11.8. The Morgan fingerprint density at radius 2 is 2.00 bits per heavy atom. The number of nitrogens with zero attached hydrogens (tertiary/aromatic N) is 1. The molecule has 0 aliphatic heterocycles. The maximum atomic E-state index is 12.8. The molecule has 2 N–H and O–H groups in total. The van der Waals surface area contributed by atoms with Crippen LogP contribution in [0.25, 0.3) is 0 Å². The molecule has 0 fully saturated rings. The lowest BCUT2D eigenvalue weighted by Gasteiger charge is -2.12. The summed E-state index contributed by atoms with van der Waals surface area (Å²) < 4.78 is 38.4. The Labute approximate surface area is 148 Å². The lowest BCUT2D eigenvalue weighted by Crippen LogP contribution is -2.15. The highest BCUT2D eigenvalue weighted by molar-refractivity contribution is 6.33. The summed E-state index contributed by atoms with van der Waals surface area (Å²) in [6.45, 7) is 2.81. The van der Waals surface area contributed by atoms with Crippen molar-refractivity contribution < 1.29 is 18.0 Å². The summed E-state index contributed by atoms with van der Waals surface area (Å²) in [4.78, 5) is 16.2. The molecule has 2 aromatic rings. The zero-order valence-corrected chi connectivity index (χ0v) is 14.2. The summed E-state index contributed by atoms with van der Waals surface area (Å²) in [7, 11) is 0. The molecule has 25 heavy (non-hydrogen) atoms. The molecule has 0 radical (unpaired) electrons. The van der Waals surface area contributed by atoms with Gasteiger partial charge in [-0.2, -0.15) is 13.2 Å². The number of hydrogen-bond donors (Lipinski definition) is 2. The molecule has 0 spiro atoms. The first kappa shape index (κ1) is 19.1. The zero-order valence-electron chi connectivity index (χ0n) is 13.5. The van der Waals surface area contributed by atoms with Gasteiger partial charge in [-0.1, -0.05) is 24.9 Å². The monoisotopic (exact) mass is 371 g/mol. The molecule has 1 amide bonds. The number of nitrogens with one attached hydrogen (secondary N) is 2. The SMILES string of the molecule is CCCCNc1ccnc(C(=O)Nc2cc(C(F)(F)F)ccc2Cl)c1. The molecule has 0 aliphatic rings. The van der Waals surface area contributed by atoms with Crippen LogP contribution < -0.4 is 10.6 Å². The van der Waals surface area contributed by atoms with E-state index in [0.717, 1.165) is 37.6 Å². The minimum atomic E-state index is -4.52. The van der Waals surface area contributed by atoms with E-state index in [4.69, 9.17) is 11.6 Å².